The molecule has 4 nitrogen and oxygen atoms in total. The Morgan fingerprint density at radius 3 is 2.72 bits per heavy atom. The fraction of sp³-hybridized carbons (Fsp3) is 0.211. The van der Waals surface area contributed by atoms with E-state index in [1.165, 1.54) is 12.3 Å². The molecule has 0 N–H and O–H groups in total. The van der Waals surface area contributed by atoms with Crippen LogP contribution in [0, 0.1) is 5.82 Å². The van der Waals surface area contributed by atoms with Crippen LogP contribution in [-0.2, 0) is 0 Å². The van der Waals surface area contributed by atoms with Crippen LogP contribution in [0.15, 0.2) is 54.7 Å². The molecule has 0 spiro atoms. The first-order valence-corrected chi connectivity index (χ1v) is 8.54. The van der Waals surface area contributed by atoms with Crippen molar-refractivity contribution in [3.05, 3.63) is 71.1 Å². The van der Waals surface area contributed by atoms with Crippen LogP contribution in [0.2, 0.25) is 5.02 Å². The molecular formula is C19H16ClFN4. The van der Waals surface area contributed by atoms with Gasteiger partial charge in [-0.05, 0) is 30.2 Å². The number of halogens is 2. The van der Waals surface area contributed by atoms with Gasteiger partial charge in [0.25, 0.3) is 0 Å². The van der Waals surface area contributed by atoms with Crippen LogP contribution in [0.3, 0.4) is 0 Å². The van der Waals surface area contributed by atoms with Crippen LogP contribution >= 0.6 is 11.6 Å². The Balaban J connectivity index is 1.59. The molecule has 1 aromatic heterocycles. The largest absolute Gasteiger partial charge is 0.339 e. The summed E-state index contributed by atoms with van der Waals surface area (Å²) in [6.07, 6.45) is 2.46. The molecule has 3 aromatic rings. The molecule has 25 heavy (non-hydrogen) atoms. The number of anilines is 1. The standard InChI is InChI=1S/C19H16ClFN4/c20-16-7-3-1-5-14(16)13-9-10-25(12-13)19-23-18(11-22-24-19)15-6-2-4-8-17(15)21/h1-8,11,13H,9-10,12H2. The SMILES string of the molecule is Fc1ccccc1-c1cnnc(N2CCC(c3ccccc3Cl)C2)n1. The molecule has 0 saturated carbocycles. The lowest BCUT2D eigenvalue weighted by Crippen LogP contribution is -2.22. The third-order valence-corrected chi connectivity index (χ3v) is 4.86. The maximum absolute atomic E-state index is 14.0. The first-order chi connectivity index (χ1) is 12.2. The molecular weight excluding hydrogens is 339 g/mol. The van der Waals surface area contributed by atoms with Crippen LogP contribution in [0.25, 0.3) is 11.3 Å². The van der Waals surface area contributed by atoms with E-state index in [1.54, 1.807) is 18.2 Å². The van der Waals surface area contributed by atoms with E-state index in [0.717, 1.165) is 30.1 Å². The Labute approximate surface area is 150 Å². The molecule has 0 radical (unpaired) electrons. The second-order valence-electron chi connectivity index (χ2n) is 6.07. The summed E-state index contributed by atoms with van der Waals surface area (Å²) in [7, 11) is 0. The van der Waals surface area contributed by atoms with Crippen molar-refractivity contribution in [2.75, 3.05) is 18.0 Å². The molecule has 1 fully saturated rings. The van der Waals surface area contributed by atoms with E-state index in [9.17, 15) is 4.39 Å². The van der Waals surface area contributed by atoms with E-state index in [0.29, 0.717) is 23.1 Å². The normalized spacial score (nSPS) is 17.0. The minimum Gasteiger partial charge on any atom is -0.339 e. The highest BCUT2D eigenvalue weighted by Crippen LogP contribution is 2.33. The first-order valence-electron chi connectivity index (χ1n) is 8.16. The summed E-state index contributed by atoms with van der Waals surface area (Å²) in [5.74, 6) is 0.536. The third kappa shape index (κ3) is 3.20. The number of hydrogen-bond acceptors (Lipinski definition) is 4. The quantitative estimate of drug-likeness (QED) is 0.702. The topological polar surface area (TPSA) is 41.9 Å². The van der Waals surface area contributed by atoms with Crippen molar-refractivity contribution in [1.82, 2.24) is 15.2 Å². The lowest BCUT2D eigenvalue weighted by molar-refractivity contribution is 0.630. The Hall–Kier alpha value is -2.53. The smallest absolute Gasteiger partial charge is 0.245 e. The van der Waals surface area contributed by atoms with E-state index < -0.39 is 0 Å². The lowest BCUT2D eigenvalue weighted by Gasteiger charge is -2.17. The number of hydrogen-bond donors (Lipinski definition) is 0. The van der Waals surface area contributed by atoms with Crippen LogP contribution in [0.5, 0.6) is 0 Å². The van der Waals surface area contributed by atoms with Gasteiger partial charge in [-0.1, -0.05) is 41.9 Å². The molecule has 0 bridgehead atoms. The van der Waals surface area contributed by atoms with Gasteiger partial charge in [0.05, 0.1) is 11.9 Å². The zero-order valence-corrected chi connectivity index (χ0v) is 14.2. The molecule has 1 aliphatic rings. The van der Waals surface area contributed by atoms with Crippen LogP contribution < -0.4 is 4.90 Å². The molecule has 0 amide bonds. The van der Waals surface area contributed by atoms with E-state index in [4.69, 9.17) is 11.6 Å². The Morgan fingerprint density at radius 1 is 1.08 bits per heavy atom. The van der Waals surface area contributed by atoms with Crippen LogP contribution in [-0.4, -0.2) is 28.3 Å². The summed E-state index contributed by atoms with van der Waals surface area (Å²) in [6, 6.07) is 14.5. The van der Waals surface area contributed by atoms with Gasteiger partial charge in [0.2, 0.25) is 5.95 Å². The van der Waals surface area contributed by atoms with Crippen LogP contribution in [0.1, 0.15) is 17.9 Å². The number of benzene rings is 2. The van der Waals surface area contributed by atoms with Gasteiger partial charge in [-0.3, -0.25) is 0 Å². The molecule has 126 valence electrons. The highest BCUT2D eigenvalue weighted by atomic mass is 35.5. The average molecular weight is 355 g/mol. The Bertz CT molecular complexity index is 902. The van der Waals surface area contributed by atoms with Gasteiger partial charge in [-0.15, -0.1) is 5.10 Å². The van der Waals surface area contributed by atoms with Gasteiger partial charge in [0.15, 0.2) is 0 Å². The van der Waals surface area contributed by atoms with Crippen molar-refractivity contribution in [1.29, 1.82) is 0 Å². The second kappa shape index (κ2) is 6.76. The van der Waals surface area contributed by atoms with Gasteiger partial charge in [-0.2, -0.15) is 5.10 Å². The Morgan fingerprint density at radius 2 is 1.88 bits per heavy atom. The zero-order chi connectivity index (χ0) is 17.2. The highest BCUT2D eigenvalue weighted by Gasteiger charge is 2.27. The number of aromatic nitrogens is 3. The van der Waals surface area contributed by atoms with Gasteiger partial charge in [0, 0.05) is 29.6 Å². The van der Waals surface area contributed by atoms with Gasteiger partial charge in [-0.25, -0.2) is 9.37 Å². The van der Waals surface area contributed by atoms with Gasteiger partial charge < -0.3 is 4.90 Å². The van der Waals surface area contributed by atoms with Gasteiger partial charge >= 0.3 is 0 Å². The average Bonchev–Trinajstić information content (AvgIpc) is 3.12. The van der Waals surface area contributed by atoms with E-state index in [1.807, 2.05) is 18.2 Å². The summed E-state index contributed by atoms with van der Waals surface area (Å²) in [6.45, 7) is 1.59. The predicted octanol–water partition coefficient (Wildman–Crippen LogP) is 4.33. The summed E-state index contributed by atoms with van der Waals surface area (Å²) in [5, 5.41) is 8.94. The van der Waals surface area contributed by atoms with E-state index >= 15 is 0 Å². The molecule has 0 aliphatic carbocycles. The summed E-state index contributed by atoms with van der Waals surface area (Å²) in [5.41, 5.74) is 2.06. The number of nitrogens with zero attached hydrogens (tertiary/aromatic N) is 4. The molecule has 1 atom stereocenters. The molecule has 2 aromatic carbocycles. The third-order valence-electron chi connectivity index (χ3n) is 4.51. The van der Waals surface area contributed by atoms with Crippen molar-refractivity contribution in [2.45, 2.75) is 12.3 Å². The predicted molar refractivity (Wildman–Crippen MR) is 96.2 cm³/mol. The molecule has 6 heteroatoms. The molecule has 1 aliphatic heterocycles. The summed E-state index contributed by atoms with van der Waals surface area (Å²) >= 11 is 6.32. The summed E-state index contributed by atoms with van der Waals surface area (Å²) in [4.78, 5) is 6.59. The monoisotopic (exact) mass is 354 g/mol. The zero-order valence-electron chi connectivity index (χ0n) is 13.4. The minimum atomic E-state index is -0.315. The molecule has 1 unspecified atom stereocenters. The molecule has 1 saturated heterocycles. The van der Waals surface area contributed by atoms with E-state index in [-0.39, 0.29) is 5.82 Å². The number of rotatable bonds is 3. The van der Waals surface area contributed by atoms with Crippen molar-refractivity contribution < 1.29 is 4.39 Å². The minimum absolute atomic E-state index is 0.315. The molecule has 4 rings (SSSR count). The maximum Gasteiger partial charge on any atom is 0.245 e. The van der Waals surface area contributed by atoms with Crippen molar-refractivity contribution in [3.63, 3.8) is 0 Å². The van der Waals surface area contributed by atoms with Crippen molar-refractivity contribution in [2.24, 2.45) is 0 Å². The first kappa shape index (κ1) is 16.0. The van der Waals surface area contributed by atoms with Gasteiger partial charge in [0.1, 0.15) is 5.82 Å². The molecule has 2 heterocycles. The van der Waals surface area contributed by atoms with Crippen molar-refractivity contribution in [3.8, 4) is 11.3 Å². The fourth-order valence-electron chi connectivity index (χ4n) is 3.23. The highest BCUT2D eigenvalue weighted by molar-refractivity contribution is 6.31. The maximum atomic E-state index is 14.0. The summed E-state index contributed by atoms with van der Waals surface area (Å²) < 4.78 is 14.0. The second-order valence-corrected chi connectivity index (χ2v) is 6.48. The lowest BCUT2D eigenvalue weighted by atomic mass is 9.98. The van der Waals surface area contributed by atoms with Crippen LogP contribution in [0.4, 0.5) is 10.3 Å². The van der Waals surface area contributed by atoms with Crippen molar-refractivity contribution >= 4 is 17.5 Å². The fourth-order valence-corrected chi connectivity index (χ4v) is 3.52. The van der Waals surface area contributed by atoms with E-state index in [2.05, 4.69) is 26.1 Å². The Kier molecular flexibility index (Phi) is 4.32.